The number of ether oxygens (including phenoxy) is 1. The Balaban J connectivity index is 1.57. The van der Waals surface area contributed by atoms with Crippen LogP contribution >= 0.6 is 15.9 Å². The number of hydrogen-bond acceptors (Lipinski definition) is 3. The van der Waals surface area contributed by atoms with Crippen LogP contribution < -0.4 is 4.74 Å². The monoisotopic (exact) mass is 377 g/mol. The first kappa shape index (κ1) is 15.6. The van der Waals surface area contributed by atoms with Crippen molar-refractivity contribution in [1.82, 2.24) is 14.6 Å². The molecule has 0 atom stereocenters. The Morgan fingerprint density at radius 2 is 2.00 bits per heavy atom. The fraction of sp³-hybridized carbons (Fsp3) is 0.571. The minimum absolute atomic E-state index is 0.166. The van der Waals surface area contributed by atoms with Gasteiger partial charge in [-0.15, -0.1) is 10.2 Å². The van der Waals surface area contributed by atoms with E-state index in [-0.39, 0.29) is 18.8 Å². The van der Waals surface area contributed by atoms with E-state index >= 15 is 0 Å². The van der Waals surface area contributed by atoms with Gasteiger partial charge < -0.3 is 4.74 Å². The van der Waals surface area contributed by atoms with E-state index in [9.17, 15) is 13.2 Å². The summed E-state index contributed by atoms with van der Waals surface area (Å²) in [5.41, 5.74) is 0.666. The highest BCUT2D eigenvalue weighted by Gasteiger charge is 2.41. The molecule has 1 aliphatic rings. The Kier molecular flexibility index (Phi) is 4.29. The Labute approximate surface area is 133 Å². The van der Waals surface area contributed by atoms with E-state index < -0.39 is 12.1 Å². The van der Waals surface area contributed by atoms with Gasteiger partial charge in [-0.1, -0.05) is 0 Å². The van der Waals surface area contributed by atoms with E-state index in [1.54, 1.807) is 23.0 Å². The summed E-state index contributed by atoms with van der Waals surface area (Å²) in [5, 5.41) is 7.73. The molecule has 4 nitrogen and oxygen atoms in total. The largest absolute Gasteiger partial charge is 0.492 e. The molecule has 0 aliphatic heterocycles. The van der Waals surface area contributed by atoms with E-state index in [2.05, 4.69) is 26.1 Å². The van der Waals surface area contributed by atoms with Gasteiger partial charge in [-0.2, -0.15) is 13.2 Å². The zero-order chi connectivity index (χ0) is 15.7. The summed E-state index contributed by atoms with van der Waals surface area (Å²) in [6.07, 6.45) is 0.814. The molecule has 22 heavy (non-hydrogen) atoms. The first-order valence-corrected chi connectivity index (χ1v) is 7.91. The van der Waals surface area contributed by atoms with Gasteiger partial charge in [0, 0.05) is 12.3 Å². The molecule has 0 N–H and O–H groups in total. The van der Waals surface area contributed by atoms with Gasteiger partial charge >= 0.3 is 6.18 Å². The molecule has 0 saturated heterocycles. The topological polar surface area (TPSA) is 39.4 Å². The van der Waals surface area contributed by atoms with Gasteiger partial charge in [0.05, 0.1) is 17.0 Å². The first-order chi connectivity index (χ1) is 10.4. The van der Waals surface area contributed by atoms with Crippen molar-refractivity contribution in [2.45, 2.75) is 31.9 Å². The van der Waals surface area contributed by atoms with Crippen molar-refractivity contribution in [3.63, 3.8) is 0 Å². The average Bonchev–Trinajstić information content (AvgIpc) is 2.91. The average molecular weight is 378 g/mol. The van der Waals surface area contributed by atoms with Crippen LogP contribution in [-0.4, -0.2) is 27.4 Å². The lowest BCUT2D eigenvalue weighted by Gasteiger charge is -2.29. The molecule has 1 saturated carbocycles. The SMILES string of the molecule is FC(F)(F)C1CCC(COc2cc3nncn3cc2Br)CC1. The van der Waals surface area contributed by atoms with Crippen molar-refractivity contribution in [3.8, 4) is 5.75 Å². The summed E-state index contributed by atoms with van der Waals surface area (Å²) in [7, 11) is 0. The number of nitrogens with zero attached hydrogens (tertiary/aromatic N) is 3. The summed E-state index contributed by atoms with van der Waals surface area (Å²) < 4.78 is 46.2. The van der Waals surface area contributed by atoms with Crippen molar-refractivity contribution in [2.24, 2.45) is 11.8 Å². The number of halogens is 4. The molecule has 0 aromatic carbocycles. The minimum Gasteiger partial charge on any atom is -0.492 e. The van der Waals surface area contributed by atoms with Gasteiger partial charge in [0.1, 0.15) is 12.1 Å². The summed E-state index contributed by atoms with van der Waals surface area (Å²) in [6, 6.07) is 1.76. The zero-order valence-electron chi connectivity index (χ0n) is 11.7. The fourth-order valence-corrected chi connectivity index (χ4v) is 3.25. The van der Waals surface area contributed by atoms with Gasteiger partial charge in [0.25, 0.3) is 0 Å². The van der Waals surface area contributed by atoms with Crippen molar-refractivity contribution in [2.75, 3.05) is 6.61 Å². The second-order valence-electron chi connectivity index (χ2n) is 5.65. The molecule has 0 amide bonds. The molecule has 1 aliphatic carbocycles. The van der Waals surface area contributed by atoms with Crippen molar-refractivity contribution < 1.29 is 17.9 Å². The first-order valence-electron chi connectivity index (χ1n) is 7.12. The van der Waals surface area contributed by atoms with E-state index in [0.29, 0.717) is 30.8 Å². The predicted octanol–water partition coefficient (Wildman–Crippen LogP) is 4.24. The third-order valence-corrected chi connectivity index (χ3v) is 4.73. The van der Waals surface area contributed by atoms with Gasteiger partial charge in [-0.05, 0) is 47.5 Å². The van der Waals surface area contributed by atoms with Crippen LogP contribution in [-0.2, 0) is 0 Å². The van der Waals surface area contributed by atoms with Crippen LogP contribution in [0.5, 0.6) is 5.75 Å². The lowest BCUT2D eigenvalue weighted by Crippen LogP contribution is -2.29. The van der Waals surface area contributed by atoms with Crippen molar-refractivity contribution in [1.29, 1.82) is 0 Å². The third-order valence-electron chi connectivity index (χ3n) is 4.13. The molecule has 0 spiro atoms. The molecule has 0 unspecified atom stereocenters. The number of alkyl halides is 3. The van der Waals surface area contributed by atoms with Gasteiger partial charge in [0.2, 0.25) is 0 Å². The number of hydrogen-bond donors (Lipinski definition) is 0. The summed E-state index contributed by atoms with van der Waals surface area (Å²) >= 11 is 3.41. The van der Waals surface area contributed by atoms with Gasteiger partial charge in [0.15, 0.2) is 5.65 Å². The molecule has 2 heterocycles. The van der Waals surface area contributed by atoms with Crippen molar-refractivity contribution in [3.05, 3.63) is 23.1 Å². The highest BCUT2D eigenvalue weighted by Crippen LogP contribution is 2.39. The third kappa shape index (κ3) is 3.37. The Morgan fingerprint density at radius 1 is 1.27 bits per heavy atom. The normalized spacial score (nSPS) is 22.9. The summed E-state index contributed by atoms with van der Waals surface area (Å²) in [5.74, 6) is -0.346. The highest BCUT2D eigenvalue weighted by molar-refractivity contribution is 9.10. The molecule has 8 heteroatoms. The Bertz CT molecular complexity index is 650. The lowest BCUT2D eigenvalue weighted by atomic mass is 9.82. The van der Waals surface area contributed by atoms with E-state index in [1.807, 2.05) is 0 Å². The molecule has 2 aromatic rings. The number of rotatable bonds is 3. The quantitative estimate of drug-likeness (QED) is 0.802. The molecule has 120 valence electrons. The molecule has 0 radical (unpaired) electrons. The van der Waals surface area contributed by atoms with Crippen LogP contribution in [0.15, 0.2) is 23.1 Å². The Hall–Kier alpha value is -1.31. The molecule has 1 fully saturated rings. The second-order valence-corrected chi connectivity index (χ2v) is 6.51. The van der Waals surface area contributed by atoms with Crippen LogP contribution in [0.3, 0.4) is 0 Å². The molecule has 3 rings (SSSR count). The smallest absolute Gasteiger partial charge is 0.391 e. The van der Waals surface area contributed by atoms with Crippen LogP contribution in [0, 0.1) is 11.8 Å². The van der Waals surface area contributed by atoms with E-state index in [0.717, 1.165) is 4.47 Å². The summed E-state index contributed by atoms with van der Waals surface area (Å²) in [6.45, 7) is 0.424. The number of fused-ring (bicyclic) bond motifs is 1. The second kappa shape index (κ2) is 6.06. The lowest BCUT2D eigenvalue weighted by molar-refractivity contribution is -0.184. The number of aromatic nitrogens is 3. The van der Waals surface area contributed by atoms with Crippen LogP contribution in [0.25, 0.3) is 5.65 Å². The van der Waals surface area contributed by atoms with E-state index in [1.165, 1.54) is 0 Å². The van der Waals surface area contributed by atoms with Crippen LogP contribution in [0.4, 0.5) is 13.2 Å². The van der Waals surface area contributed by atoms with Crippen molar-refractivity contribution >= 4 is 21.6 Å². The minimum atomic E-state index is -4.06. The molecule has 0 bridgehead atoms. The molecular formula is C14H15BrF3N3O. The van der Waals surface area contributed by atoms with Gasteiger partial charge in [-0.25, -0.2) is 0 Å². The maximum atomic E-state index is 12.6. The maximum Gasteiger partial charge on any atom is 0.391 e. The fourth-order valence-electron chi connectivity index (χ4n) is 2.80. The zero-order valence-corrected chi connectivity index (χ0v) is 13.3. The number of pyridine rings is 1. The van der Waals surface area contributed by atoms with Crippen LogP contribution in [0.2, 0.25) is 0 Å². The standard InChI is InChI=1S/C14H15BrF3N3O/c15-11-6-21-8-19-20-13(21)5-12(11)22-7-9-1-3-10(4-2-9)14(16,17)18/h5-6,8-10H,1-4,7H2. The molecule has 2 aromatic heterocycles. The Morgan fingerprint density at radius 3 is 2.68 bits per heavy atom. The predicted molar refractivity (Wildman–Crippen MR) is 77.7 cm³/mol. The van der Waals surface area contributed by atoms with Gasteiger partial charge in [-0.3, -0.25) is 4.40 Å². The van der Waals surface area contributed by atoms with E-state index in [4.69, 9.17) is 4.74 Å². The molecular weight excluding hydrogens is 363 g/mol. The van der Waals surface area contributed by atoms with Crippen LogP contribution in [0.1, 0.15) is 25.7 Å². The highest BCUT2D eigenvalue weighted by atomic mass is 79.9. The summed E-state index contributed by atoms with van der Waals surface area (Å²) in [4.78, 5) is 0. The maximum absolute atomic E-state index is 12.6.